The molecule has 0 spiro atoms. The lowest BCUT2D eigenvalue weighted by atomic mass is 9.44. The summed E-state index contributed by atoms with van der Waals surface area (Å²) in [4.78, 5) is 11.4. The second-order valence-corrected chi connectivity index (χ2v) is 8.34. The molecule has 0 aromatic heterocycles. The lowest BCUT2D eigenvalue weighted by Gasteiger charge is -2.61. The first-order valence-corrected chi connectivity index (χ1v) is 9.34. The van der Waals surface area contributed by atoms with Gasteiger partial charge in [-0.15, -0.1) is 11.8 Å². The molecule has 2 atom stereocenters. The Labute approximate surface area is 131 Å². The quantitative estimate of drug-likeness (QED) is 0.311. The first-order chi connectivity index (χ1) is 10.1. The summed E-state index contributed by atoms with van der Waals surface area (Å²) < 4.78 is 11.3. The molecule has 2 unspecified atom stereocenters. The maximum atomic E-state index is 11.4. The van der Waals surface area contributed by atoms with E-state index in [1.54, 1.807) is 11.8 Å². The molecule has 3 nitrogen and oxygen atoms in total. The first-order valence-electron chi connectivity index (χ1n) is 7.95. The summed E-state index contributed by atoms with van der Waals surface area (Å²) >= 11 is 1.74. The van der Waals surface area contributed by atoms with Crippen molar-refractivity contribution in [3.8, 4) is 0 Å². The van der Waals surface area contributed by atoms with Crippen LogP contribution in [0.3, 0.4) is 0 Å². The summed E-state index contributed by atoms with van der Waals surface area (Å²) in [5.74, 6) is 2.13. The van der Waals surface area contributed by atoms with Crippen LogP contribution in [0.4, 0.5) is 0 Å². The molecule has 0 heterocycles. The Morgan fingerprint density at radius 3 is 2.43 bits per heavy atom. The van der Waals surface area contributed by atoms with Gasteiger partial charge in [-0.2, -0.15) is 0 Å². The third kappa shape index (κ3) is 3.16. The zero-order chi connectivity index (χ0) is 14.9. The van der Waals surface area contributed by atoms with Crippen LogP contribution < -0.4 is 0 Å². The van der Waals surface area contributed by atoms with E-state index in [-0.39, 0.29) is 11.4 Å². The van der Waals surface area contributed by atoms with Crippen molar-refractivity contribution in [3.05, 3.63) is 12.7 Å². The second kappa shape index (κ2) is 5.96. The Morgan fingerprint density at radius 1 is 1.24 bits per heavy atom. The number of thioether (sulfide) groups is 1. The number of esters is 1. The average Bonchev–Trinajstić information content (AvgIpc) is 2.43. The van der Waals surface area contributed by atoms with Gasteiger partial charge in [-0.05, 0) is 62.0 Å². The Morgan fingerprint density at radius 2 is 1.86 bits per heavy atom. The lowest BCUT2D eigenvalue weighted by molar-refractivity contribution is -0.168. The zero-order valence-corrected chi connectivity index (χ0v) is 13.8. The molecule has 0 amide bonds. The van der Waals surface area contributed by atoms with Gasteiger partial charge in [0.2, 0.25) is 0 Å². The van der Waals surface area contributed by atoms with Crippen LogP contribution in [0.5, 0.6) is 0 Å². The smallest absolute Gasteiger partial charge is 0.330 e. The van der Waals surface area contributed by atoms with Gasteiger partial charge in [-0.25, -0.2) is 4.79 Å². The highest BCUT2D eigenvalue weighted by Gasteiger charge is 2.58. The van der Waals surface area contributed by atoms with Crippen LogP contribution in [0.1, 0.15) is 38.5 Å². The van der Waals surface area contributed by atoms with Crippen LogP contribution in [0, 0.1) is 22.7 Å². The molecule has 4 bridgehead atoms. The standard InChI is InChI=1S/C17H26O3S/c1-3-15(18)20-11-17-7-13-4-14(8-17)6-16(5-13,9-17)10-19-12-21-2/h3,13-14H,1,4-12H2,2H3. The number of rotatable bonds is 7. The predicted octanol–water partition coefficient (Wildman–Crippen LogP) is 3.64. The summed E-state index contributed by atoms with van der Waals surface area (Å²) in [6.07, 6.45) is 11.0. The third-order valence-corrected chi connectivity index (χ3v) is 6.00. The van der Waals surface area contributed by atoms with Crippen molar-refractivity contribution in [1.82, 2.24) is 0 Å². The summed E-state index contributed by atoms with van der Waals surface area (Å²) in [5, 5.41) is 0. The van der Waals surface area contributed by atoms with Gasteiger partial charge in [0.05, 0.1) is 19.2 Å². The SMILES string of the molecule is C=CC(=O)OCC12CC3CC(CC(COCSC)(C3)C1)C2. The van der Waals surface area contributed by atoms with Crippen molar-refractivity contribution in [2.24, 2.45) is 22.7 Å². The molecule has 4 fully saturated rings. The Hall–Kier alpha value is -0.480. The van der Waals surface area contributed by atoms with Crippen molar-refractivity contribution in [1.29, 1.82) is 0 Å². The second-order valence-electron chi connectivity index (χ2n) is 7.53. The summed E-state index contributed by atoms with van der Waals surface area (Å²) in [6.45, 7) is 4.96. The highest BCUT2D eigenvalue weighted by atomic mass is 32.2. The molecule has 0 aromatic carbocycles. The van der Waals surface area contributed by atoms with Crippen LogP contribution >= 0.6 is 11.8 Å². The van der Waals surface area contributed by atoms with Crippen LogP contribution in [0.25, 0.3) is 0 Å². The number of hydrogen-bond acceptors (Lipinski definition) is 4. The minimum atomic E-state index is -0.279. The van der Waals surface area contributed by atoms with Crippen molar-refractivity contribution >= 4 is 17.7 Å². The number of carbonyl (C=O) groups is 1. The molecule has 4 saturated carbocycles. The minimum absolute atomic E-state index is 0.214. The molecule has 0 aromatic rings. The van der Waals surface area contributed by atoms with E-state index < -0.39 is 0 Å². The number of hydrogen-bond donors (Lipinski definition) is 0. The molecule has 118 valence electrons. The van der Waals surface area contributed by atoms with Crippen molar-refractivity contribution in [2.45, 2.75) is 38.5 Å². The fraction of sp³-hybridized carbons (Fsp3) is 0.824. The maximum Gasteiger partial charge on any atom is 0.330 e. The van der Waals surface area contributed by atoms with Gasteiger partial charge in [0.15, 0.2) is 0 Å². The maximum absolute atomic E-state index is 11.4. The molecule has 4 aliphatic carbocycles. The van der Waals surface area contributed by atoms with Crippen molar-refractivity contribution in [3.63, 3.8) is 0 Å². The normalized spacial score (nSPS) is 40.2. The number of ether oxygens (including phenoxy) is 2. The molecule has 0 saturated heterocycles. The van der Waals surface area contributed by atoms with E-state index >= 15 is 0 Å². The first kappa shape index (κ1) is 15.4. The van der Waals surface area contributed by atoms with Gasteiger partial charge in [0.25, 0.3) is 0 Å². The fourth-order valence-electron chi connectivity index (χ4n) is 5.61. The van der Waals surface area contributed by atoms with Crippen molar-refractivity contribution < 1.29 is 14.3 Å². The van der Waals surface area contributed by atoms with Gasteiger partial charge in [-0.1, -0.05) is 6.58 Å². The van der Waals surface area contributed by atoms with Crippen LogP contribution in [-0.4, -0.2) is 31.4 Å². The predicted molar refractivity (Wildman–Crippen MR) is 85.0 cm³/mol. The Kier molecular flexibility index (Phi) is 4.37. The molecule has 0 aliphatic heterocycles. The Bertz CT molecular complexity index is 406. The zero-order valence-electron chi connectivity index (χ0n) is 12.9. The van der Waals surface area contributed by atoms with E-state index in [1.165, 1.54) is 44.6 Å². The molecule has 0 N–H and O–H groups in total. The largest absolute Gasteiger partial charge is 0.462 e. The van der Waals surface area contributed by atoms with E-state index in [2.05, 4.69) is 12.8 Å². The van der Waals surface area contributed by atoms with Gasteiger partial charge in [-0.3, -0.25) is 0 Å². The minimum Gasteiger partial charge on any atom is -0.462 e. The van der Waals surface area contributed by atoms with E-state index in [0.717, 1.165) is 24.4 Å². The molecule has 21 heavy (non-hydrogen) atoms. The molecular formula is C17H26O3S. The third-order valence-electron chi connectivity index (χ3n) is 5.60. The van der Waals surface area contributed by atoms with Crippen LogP contribution in [0.2, 0.25) is 0 Å². The van der Waals surface area contributed by atoms with E-state index in [4.69, 9.17) is 9.47 Å². The number of carbonyl (C=O) groups excluding carboxylic acids is 1. The highest BCUT2D eigenvalue weighted by Crippen LogP contribution is 2.65. The summed E-state index contributed by atoms with van der Waals surface area (Å²) in [6, 6.07) is 0. The molecule has 4 rings (SSSR count). The van der Waals surface area contributed by atoms with E-state index in [9.17, 15) is 4.79 Å². The molecular weight excluding hydrogens is 284 g/mol. The van der Waals surface area contributed by atoms with Gasteiger partial charge in [0.1, 0.15) is 0 Å². The molecule has 4 aliphatic rings. The molecule has 0 radical (unpaired) electrons. The highest BCUT2D eigenvalue weighted by molar-refractivity contribution is 7.98. The van der Waals surface area contributed by atoms with Crippen LogP contribution in [-0.2, 0) is 14.3 Å². The van der Waals surface area contributed by atoms with E-state index in [1.807, 2.05) is 0 Å². The average molecular weight is 310 g/mol. The fourth-order valence-corrected chi connectivity index (χ4v) is 5.86. The van der Waals surface area contributed by atoms with Gasteiger partial charge in [0, 0.05) is 11.5 Å². The topological polar surface area (TPSA) is 35.5 Å². The van der Waals surface area contributed by atoms with Crippen molar-refractivity contribution in [2.75, 3.05) is 25.4 Å². The van der Waals surface area contributed by atoms with Gasteiger partial charge < -0.3 is 9.47 Å². The lowest BCUT2D eigenvalue weighted by Crippen LogP contribution is -2.55. The monoisotopic (exact) mass is 310 g/mol. The molecule has 4 heteroatoms. The van der Waals surface area contributed by atoms with Gasteiger partial charge >= 0.3 is 5.97 Å². The van der Waals surface area contributed by atoms with Crippen LogP contribution in [0.15, 0.2) is 12.7 Å². The van der Waals surface area contributed by atoms with E-state index in [0.29, 0.717) is 12.0 Å². The Balaban J connectivity index is 1.68. The summed E-state index contributed by atoms with van der Waals surface area (Å²) in [5.41, 5.74) is 0.561. The summed E-state index contributed by atoms with van der Waals surface area (Å²) in [7, 11) is 0.